The number of pyridine rings is 1. The third-order valence-corrected chi connectivity index (χ3v) is 4.58. The zero-order chi connectivity index (χ0) is 14.2. The summed E-state index contributed by atoms with van der Waals surface area (Å²) in [6.45, 7) is 0.880. The Balaban J connectivity index is 1.76. The number of halogens is 1. The summed E-state index contributed by atoms with van der Waals surface area (Å²) in [5.41, 5.74) is 1.04. The summed E-state index contributed by atoms with van der Waals surface area (Å²) in [4.78, 5) is 6.80. The van der Waals surface area contributed by atoms with Gasteiger partial charge in [0.25, 0.3) is 0 Å². The van der Waals surface area contributed by atoms with Gasteiger partial charge in [-0.15, -0.1) is 5.10 Å². The number of anilines is 1. The molecule has 1 saturated carbocycles. The summed E-state index contributed by atoms with van der Waals surface area (Å²) >= 11 is 5.96. The van der Waals surface area contributed by atoms with Crippen LogP contribution in [0.15, 0.2) is 18.3 Å². The van der Waals surface area contributed by atoms with E-state index in [0.717, 1.165) is 12.2 Å². The lowest BCUT2D eigenvalue weighted by molar-refractivity contribution is 0.172. The lowest BCUT2D eigenvalue weighted by Crippen LogP contribution is -2.47. The Labute approximate surface area is 123 Å². The number of rotatable bonds is 4. The molecule has 1 aliphatic carbocycles. The minimum atomic E-state index is 0.231. The van der Waals surface area contributed by atoms with E-state index in [4.69, 9.17) is 11.6 Å². The maximum atomic E-state index is 5.96. The highest BCUT2D eigenvalue weighted by Crippen LogP contribution is 2.33. The summed E-state index contributed by atoms with van der Waals surface area (Å²) in [6.07, 6.45) is 6.83. The number of aromatic nitrogens is 3. The molecule has 5 nitrogen and oxygen atoms in total. The lowest BCUT2D eigenvalue weighted by Gasteiger charge is -2.36. The first-order valence-electron chi connectivity index (χ1n) is 7.02. The first kappa shape index (κ1) is 13.6. The molecule has 0 unspecified atom stereocenters. The molecule has 0 amide bonds. The molecule has 0 aromatic carbocycles. The van der Waals surface area contributed by atoms with Crippen LogP contribution in [0.4, 0.5) is 5.95 Å². The topological polar surface area (TPSA) is 45.5 Å². The molecule has 0 radical (unpaired) electrons. The molecular formula is C14H20ClN5. The molecule has 2 aromatic heterocycles. The molecule has 1 fully saturated rings. The average molecular weight is 294 g/mol. The molecule has 0 bridgehead atoms. The lowest BCUT2D eigenvalue weighted by atomic mass is 9.96. The quantitative estimate of drug-likeness (QED) is 0.941. The van der Waals surface area contributed by atoms with E-state index < -0.39 is 0 Å². The van der Waals surface area contributed by atoms with Gasteiger partial charge in [-0.1, -0.05) is 24.4 Å². The zero-order valence-electron chi connectivity index (χ0n) is 11.9. The van der Waals surface area contributed by atoms with Crippen molar-refractivity contribution in [2.45, 2.75) is 31.2 Å². The number of nitrogens with one attached hydrogen (secondary N) is 1. The third-order valence-electron chi connectivity index (χ3n) is 4.35. The highest BCUT2D eigenvalue weighted by Gasteiger charge is 2.35. The molecule has 1 aliphatic rings. The third kappa shape index (κ3) is 2.47. The van der Waals surface area contributed by atoms with Crippen molar-refractivity contribution in [3.05, 3.63) is 23.4 Å². The van der Waals surface area contributed by atoms with Crippen LogP contribution in [0.2, 0.25) is 5.02 Å². The maximum Gasteiger partial charge on any atom is 0.243 e. The van der Waals surface area contributed by atoms with Gasteiger partial charge in [-0.05, 0) is 39.1 Å². The van der Waals surface area contributed by atoms with Gasteiger partial charge in [-0.2, -0.15) is 4.98 Å². The first-order valence-corrected chi connectivity index (χ1v) is 7.40. The average Bonchev–Trinajstić information content (AvgIpc) is 3.02. The molecule has 108 valence electrons. The van der Waals surface area contributed by atoms with Gasteiger partial charge in [0.15, 0.2) is 5.65 Å². The fraction of sp³-hybridized carbons (Fsp3) is 0.571. The van der Waals surface area contributed by atoms with E-state index in [1.54, 1.807) is 10.7 Å². The zero-order valence-corrected chi connectivity index (χ0v) is 12.7. The van der Waals surface area contributed by atoms with Crippen molar-refractivity contribution in [1.82, 2.24) is 19.5 Å². The van der Waals surface area contributed by atoms with Crippen LogP contribution in [0.25, 0.3) is 5.65 Å². The smallest absolute Gasteiger partial charge is 0.243 e. The number of hydrogen-bond donors (Lipinski definition) is 1. The second kappa shape index (κ2) is 5.22. The number of hydrogen-bond acceptors (Lipinski definition) is 4. The molecule has 6 heteroatoms. The Kier molecular flexibility index (Phi) is 3.56. The molecule has 3 rings (SSSR count). The van der Waals surface area contributed by atoms with Crippen LogP contribution >= 0.6 is 11.6 Å². The minimum Gasteiger partial charge on any atom is -0.351 e. The molecule has 20 heavy (non-hydrogen) atoms. The molecular weight excluding hydrogens is 274 g/mol. The van der Waals surface area contributed by atoms with E-state index in [-0.39, 0.29) is 5.54 Å². The van der Waals surface area contributed by atoms with Gasteiger partial charge in [0.2, 0.25) is 5.95 Å². The SMILES string of the molecule is CN(C)C1(CNc2nc3ccc(Cl)cn3n2)CCCC1. The van der Waals surface area contributed by atoms with Crippen molar-refractivity contribution < 1.29 is 0 Å². The Morgan fingerprint density at radius 3 is 2.80 bits per heavy atom. The highest BCUT2D eigenvalue weighted by molar-refractivity contribution is 6.30. The number of fused-ring (bicyclic) bond motifs is 1. The number of nitrogens with zero attached hydrogens (tertiary/aromatic N) is 4. The van der Waals surface area contributed by atoms with Crippen LogP contribution in [0, 0.1) is 0 Å². The molecule has 0 spiro atoms. The van der Waals surface area contributed by atoms with Crippen molar-refractivity contribution in [1.29, 1.82) is 0 Å². The fourth-order valence-electron chi connectivity index (χ4n) is 2.99. The molecule has 2 heterocycles. The monoisotopic (exact) mass is 293 g/mol. The minimum absolute atomic E-state index is 0.231. The second-order valence-corrected chi connectivity index (χ2v) is 6.20. The van der Waals surface area contributed by atoms with Gasteiger partial charge in [-0.3, -0.25) is 0 Å². The van der Waals surface area contributed by atoms with Crippen LogP contribution in [-0.4, -0.2) is 45.7 Å². The molecule has 1 N–H and O–H groups in total. The summed E-state index contributed by atoms with van der Waals surface area (Å²) < 4.78 is 1.71. The van der Waals surface area contributed by atoms with Crippen LogP contribution < -0.4 is 5.32 Å². The van der Waals surface area contributed by atoms with Crippen molar-refractivity contribution in [2.24, 2.45) is 0 Å². The Bertz CT molecular complexity index is 601. The largest absolute Gasteiger partial charge is 0.351 e. The van der Waals surface area contributed by atoms with Gasteiger partial charge in [-0.25, -0.2) is 4.52 Å². The van der Waals surface area contributed by atoms with Gasteiger partial charge in [0.05, 0.1) is 5.02 Å². The van der Waals surface area contributed by atoms with Crippen molar-refractivity contribution >= 4 is 23.2 Å². The van der Waals surface area contributed by atoms with Gasteiger partial charge in [0, 0.05) is 18.3 Å². The predicted molar refractivity (Wildman–Crippen MR) is 81.4 cm³/mol. The normalized spacial score (nSPS) is 18.0. The molecule has 2 aromatic rings. The Hall–Kier alpha value is -1.33. The van der Waals surface area contributed by atoms with Gasteiger partial charge < -0.3 is 10.2 Å². The van der Waals surface area contributed by atoms with Crippen LogP contribution in [0.3, 0.4) is 0 Å². The Morgan fingerprint density at radius 2 is 2.10 bits per heavy atom. The van der Waals surface area contributed by atoms with Crippen molar-refractivity contribution in [3.63, 3.8) is 0 Å². The molecule has 0 saturated heterocycles. The summed E-state index contributed by atoms with van der Waals surface area (Å²) in [5, 5.41) is 8.47. The van der Waals surface area contributed by atoms with E-state index in [1.165, 1.54) is 25.7 Å². The fourth-order valence-corrected chi connectivity index (χ4v) is 3.15. The van der Waals surface area contributed by atoms with Crippen molar-refractivity contribution in [3.8, 4) is 0 Å². The first-order chi connectivity index (χ1) is 9.59. The van der Waals surface area contributed by atoms with E-state index >= 15 is 0 Å². The van der Waals surface area contributed by atoms with E-state index in [0.29, 0.717) is 11.0 Å². The molecule has 0 atom stereocenters. The van der Waals surface area contributed by atoms with Crippen molar-refractivity contribution in [2.75, 3.05) is 26.0 Å². The predicted octanol–water partition coefficient (Wildman–Crippen LogP) is 2.67. The van der Waals surface area contributed by atoms with Gasteiger partial charge in [0.1, 0.15) is 0 Å². The van der Waals surface area contributed by atoms with Crippen LogP contribution in [0.1, 0.15) is 25.7 Å². The van der Waals surface area contributed by atoms with Crippen LogP contribution in [0.5, 0.6) is 0 Å². The molecule has 0 aliphatic heterocycles. The standard InChI is InChI=1S/C14H20ClN5/c1-19(2)14(7-3-4-8-14)10-16-13-17-12-6-5-11(15)9-20(12)18-13/h5-6,9H,3-4,7-8,10H2,1-2H3,(H,16,18). The Morgan fingerprint density at radius 1 is 1.35 bits per heavy atom. The van der Waals surface area contributed by atoms with E-state index in [2.05, 4.69) is 34.4 Å². The summed E-state index contributed by atoms with van der Waals surface area (Å²) in [5.74, 6) is 0.667. The summed E-state index contributed by atoms with van der Waals surface area (Å²) in [6, 6.07) is 3.70. The number of likely N-dealkylation sites (N-methyl/N-ethyl adjacent to an activating group) is 1. The maximum absolute atomic E-state index is 5.96. The van der Waals surface area contributed by atoms with E-state index in [9.17, 15) is 0 Å². The summed E-state index contributed by atoms with van der Waals surface area (Å²) in [7, 11) is 4.31. The second-order valence-electron chi connectivity index (χ2n) is 5.76. The van der Waals surface area contributed by atoms with Gasteiger partial charge >= 0.3 is 0 Å². The van der Waals surface area contributed by atoms with E-state index in [1.807, 2.05) is 12.1 Å². The van der Waals surface area contributed by atoms with Crippen LogP contribution in [-0.2, 0) is 0 Å². The highest BCUT2D eigenvalue weighted by atomic mass is 35.5.